The van der Waals surface area contributed by atoms with Crippen molar-refractivity contribution in [2.75, 3.05) is 25.0 Å². The molecule has 1 heterocycles. The van der Waals surface area contributed by atoms with E-state index < -0.39 is 0 Å². The SMILES string of the molecule is CC(=O)Nc1ccc(CN2CCN[C@H](C)C2)cc1.Cl. The predicted octanol–water partition coefficient (Wildman–Crippen LogP) is 1.86. The third kappa shape index (κ3) is 5.19. The van der Waals surface area contributed by atoms with Crippen LogP contribution in [0, 0.1) is 0 Å². The Hall–Kier alpha value is -1.10. The molecule has 2 N–H and O–H groups in total. The zero-order valence-electron chi connectivity index (χ0n) is 11.5. The van der Waals surface area contributed by atoms with Gasteiger partial charge in [-0.1, -0.05) is 12.1 Å². The number of nitrogens with zero attached hydrogens (tertiary/aromatic N) is 1. The summed E-state index contributed by atoms with van der Waals surface area (Å²) in [6.45, 7) is 7.96. The molecule has 19 heavy (non-hydrogen) atoms. The molecule has 0 aromatic heterocycles. The van der Waals surface area contributed by atoms with Crippen LogP contribution in [0.15, 0.2) is 24.3 Å². The van der Waals surface area contributed by atoms with Crippen LogP contribution >= 0.6 is 12.4 Å². The standard InChI is InChI=1S/C14H21N3O.ClH/c1-11-9-17(8-7-15-11)10-13-3-5-14(6-4-13)16-12(2)18;/h3-6,11,15H,7-10H2,1-2H3,(H,16,18);1H/t11-;/m1./s1. The molecule has 0 radical (unpaired) electrons. The Balaban J connectivity index is 0.00000180. The average molecular weight is 284 g/mol. The van der Waals surface area contributed by atoms with Gasteiger partial charge in [0.05, 0.1) is 0 Å². The van der Waals surface area contributed by atoms with E-state index >= 15 is 0 Å². The summed E-state index contributed by atoms with van der Waals surface area (Å²) < 4.78 is 0. The second kappa shape index (κ2) is 7.48. The van der Waals surface area contributed by atoms with Crippen molar-refractivity contribution in [2.45, 2.75) is 26.4 Å². The quantitative estimate of drug-likeness (QED) is 0.890. The maximum Gasteiger partial charge on any atom is 0.221 e. The fourth-order valence-electron chi connectivity index (χ4n) is 2.31. The van der Waals surface area contributed by atoms with E-state index in [0.29, 0.717) is 6.04 Å². The summed E-state index contributed by atoms with van der Waals surface area (Å²) in [5, 5.41) is 6.22. The lowest BCUT2D eigenvalue weighted by Crippen LogP contribution is -2.48. The topological polar surface area (TPSA) is 44.4 Å². The van der Waals surface area contributed by atoms with Crippen LogP contribution in [-0.2, 0) is 11.3 Å². The van der Waals surface area contributed by atoms with Crippen molar-refractivity contribution < 1.29 is 4.79 Å². The Kier molecular flexibility index (Phi) is 6.28. The number of piperazine rings is 1. The molecule has 0 aliphatic carbocycles. The van der Waals surface area contributed by atoms with Gasteiger partial charge in [-0.25, -0.2) is 0 Å². The Bertz CT molecular complexity index is 408. The van der Waals surface area contributed by atoms with Crippen LogP contribution in [0.1, 0.15) is 19.4 Å². The number of rotatable bonds is 3. The van der Waals surface area contributed by atoms with Crippen molar-refractivity contribution >= 4 is 24.0 Å². The maximum atomic E-state index is 10.9. The van der Waals surface area contributed by atoms with Crippen LogP contribution in [0.25, 0.3) is 0 Å². The summed E-state index contributed by atoms with van der Waals surface area (Å²) >= 11 is 0. The van der Waals surface area contributed by atoms with Gasteiger partial charge in [0, 0.05) is 44.8 Å². The van der Waals surface area contributed by atoms with Gasteiger partial charge in [-0.2, -0.15) is 0 Å². The van der Waals surface area contributed by atoms with E-state index in [4.69, 9.17) is 0 Å². The summed E-state index contributed by atoms with van der Waals surface area (Å²) in [4.78, 5) is 13.4. The van der Waals surface area contributed by atoms with Gasteiger partial charge < -0.3 is 10.6 Å². The number of carbonyl (C=O) groups is 1. The Morgan fingerprint density at radius 1 is 1.42 bits per heavy atom. The average Bonchev–Trinajstić information content (AvgIpc) is 2.31. The first-order valence-corrected chi connectivity index (χ1v) is 6.46. The molecule has 1 aliphatic rings. The number of amides is 1. The molecular formula is C14H22ClN3O. The molecule has 1 fully saturated rings. The van der Waals surface area contributed by atoms with E-state index in [0.717, 1.165) is 31.9 Å². The number of hydrogen-bond acceptors (Lipinski definition) is 3. The number of anilines is 1. The molecule has 1 aromatic carbocycles. The van der Waals surface area contributed by atoms with Gasteiger partial charge in [-0.05, 0) is 24.6 Å². The molecule has 1 aliphatic heterocycles. The number of hydrogen-bond donors (Lipinski definition) is 2. The minimum absolute atomic E-state index is 0. The Morgan fingerprint density at radius 2 is 2.11 bits per heavy atom. The highest BCUT2D eigenvalue weighted by atomic mass is 35.5. The van der Waals surface area contributed by atoms with Gasteiger partial charge in [0.15, 0.2) is 0 Å². The number of benzene rings is 1. The fraction of sp³-hybridized carbons (Fsp3) is 0.500. The summed E-state index contributed by atoms with van der Waals surface area (Å²) in [7, 11) is 0. The number of halogens is 1. The molecule has 5 heteroatoms. The lowest BCUT2D eigenvalue weighted by Gasteiger charge is -2.31. The molecular weight excluding hydrogens is 262 g/mol. The van der Waals surface area contributed by atoms with E-state index in [2.05, 4.69) is 34.6 Å². The summed E-state index contributed by atoms with van der Waals surface area (Å²) in [6.07, 6.45) is 0. The lowest BCUT2D eigenvalue weighted by atomic mass is 10.1. The number of nitrogens with one attached hydrogen (secondary N) is 2. The highest BCUT2D eigenvalue weighted by molar-refractivity contribution is 5.88. The zero-order valence-corrected chi connectivity index (χ0v) is 12.3. The Labute approximate surface area is 121 Å². The lowest BCUT2D eigenvalue weighted by molar-refractivity contribution is -0.114. The Morgan fingerprint density at radius 3 is 2.68 bits per heavy atom. The molecule has 106 valence electrons. The van der Waals surface area contributed by atoms with Crippen molar-refractivity contribution in [1.82, 2.24) is 10.2 Å². The second-order valence-electron chi connectivity index (χ2n) is 4.97. The highest BCUT2D eigenvalue weighted by Gasteiger charge is 2.15. The minimum atomic E-state index is -0.0290. The molecule has 0 spiro atoms. The normalized spacial score (nSPS) is 19.6. The van der Waals surface area contributed by atoms with Gasteiger partial charge in [-0.3, -0.25) is 9.69 Å². The van der Waals surface area contributed by atoms with Crippen LogP contribution in [0.5, 0.6) is 0 Å². The largest absolute Gasteiger partial charge is 0.326 e. The predicted molar refractivity (Wildman–Crippen MR) is 80.7 cm³/mol. The summed E-state index contributed by atoms with van der Waals surface area (Å²) in [5.74, 6) is -0.0290. The highest BCUT2D eigenvalue weighted by Crippen LogP contribution is 2.12. The van der Waals surface area contributed by atoms with Crippen LogP contribution < -0.4 is 10.6 Å². The molecule has 1 saturated heterocycles. The van der Waals surface area contributed by atoms with E-state index in [1.165, 1.54) is 12.5 Å². The van der Waals surface area contributed by atoms with Crippen LogP contribution in [0.3, 0.4) is 0 Å². The van der Waals surface area contributed by atoms with Crippen LogP contribution in [0.2, 0.25) is 0 Å². The summed E-state index contributed by atoms with van der Waals surface area (Å²) in [5.41, 5.74) is 2.15. The van der Waals surface area contributed by atoms with E-state index in [1.807, 2.05) is 12.1 Å². The van der Waals surface area contributed by atoms with Gasteiger partial charge in [0.1, 0.15) is 0 Å². The molecule has 0 bridgehead atoms. The molecule has 2 rings (SSSR count). The first-order chi connectivity index (χ1) is 8.63. The minimum Gasteiger partial charge on any atom is -0.326 e. The van der Waals surface area contributed by atoms with Gasteiger partial charge in [0.25, 0.3) is 0 Å². The fourth-order valence-corrected chi connectivity index (χ4v) is 2.31. The van der Waals surface area contributed by atoms with Crippen molar-refractivity contribution in [2.24, 2.45) is 0 Å². The van der Waals surface area contributed by atoms with Crippen LogP contribution in [0.4, 0.5) is 5.69 Å². The van der Waals surface area contributed by atoms with Crippen molar-refractivity contribution in [3.63, 3.8) is 0 Å². The maximum absolute atomic E-state index is 10.9. The number of carbonyl (C=O) groups excluding carboxylic acids is 1. The molecule has 0 unspecified atom stereocenters. The third-order valence-electron chi connectivity index (χ3n) is 3.13. The molecule has 0 saturated carbocycles. The first kappa shape index (κ1) is 16.0. The molecule has 1 atom stereocenters. The smallest absolute Gasteiger partial charge is 0.221 e. The summed E-state index contributed by atoms with van der Waals surface area (Å²) in [6, 6.07) is 8.65. The second-order valence-corrected chi connectivity index (χ2v) is 4.97. The van der Waals surface area contributed by atoms with E-state index in [1.54, 1.807) is 0 Å². The van der Waals surface area contributed by atoms with Crippen LogP contribution in [-0.4, -0.2) is 36.5 Å². The van der Waals surface area contributed by atoms with Crippen molar-refractivity contribution in [1.29, 1.82) is 0 Å². The van der Waals surface area contributed by atoms with E-state index in [9.17, 15) is 4.79 Å². The molecule has 1 aromatic rings. The molecule has 1 amide bonds. The van der Waals surface area contributed by atoms with Gasteiger partial charge in [-0.15, -0.1) is 12.4 Å². The van der Waals surface area contributed by atoms with Crippen molar-refractivity contribution in [3.05, 3.63) is 29.8 Å². The van der Waals surface area contributed by atoms with Gasteiger partial charge >= 0.3 is 0 Å². The monoisotopic (exact) mass is 283 g/mol. The third-order valence-corrected chi connectivity index (χ3v) is 3.13. The zero-order chi connectivity index (χ0) is 13.0. The molecule has 4 nitrogen and oxygen atoms in total. The van der Waals surface area contributed by atoms with Gasteiger partial charge in [0.2, 0.25) is 5.91 Å². The first-order valence-electron chi connectivity index (χ1n) is 6.46. The van der Waals surface area contributed by atoms with Crippen molar-refractivity contribution in [3.8, 4) is 0 Å². The van der Waals surface area contributed by atoms with E-state index in [-0.39, 0.29) is 18.3 Å².